The maximum atomic E-state index is 8.77. The average Bonchev–Trinajstić information content (AvgIpc) is 2.34. The minimum absolute atomic E-state index is 0.560. The summed E-state index contributed by atoms with van der Waals surface area (Å²) in [5.74, 6) is 0.579. The van der Waals surface area contributed by atoms with E-state index in [2.05, 4.69) is 74.9 Å². The average molecular weight is 374 g/mol. The zero-order valence-electron chi connectivity index (χ0n) is 10.8. The molecule has 0 saturated heterocycles. The molecule has 0 heterocycles. The van der Waals surface area contributed by atoms with E-state index >= 15 is 0 Å². The zero-order valence-corrected chi connectivity index (χ0v) is 14.0. The molecule has 1 rings (SSSR count). The Kier molecular flexibility index (Phi) is 6.73. The van der Waals surface area contributed by atoms with Gasteiger partial charge in [-0.05, 0) is 29.7 Å². The van der Waals surface area contributed by atoms with Crippen molar-refractivity contribution in [1.82, 2.24) is 0 Å². The fourth-order valence-electron chi connectivity index (χ4n) is 1.91. The van der Waals surface area contributed by atoms with Gasteiger partial charge in [-0.1, -0.05) is 45.7 Å². The van der Waals surface area contributed by atoms with Crippen molar-refractivity contribution in [2.24, 2.45) is 5.92 Å². The highest BCUT2D eigenvalue weighted by molar-refractivity contribution is 9.10. The first-order chi connectivity index (χ1) is 8.58. The lowest BCUT2D eigenvalue weighted by atomic mass is 10.1. The highest BCUT2D eigenvalue weighted by atomic mass is 79.9. The number of anilines is 1. The third-order valence-corrected chi connectivity index (χ3v) is 3.70. The van der Waals surface area contributed by atoms with Crippen molar-refractivity contribution in [3.8, 4) is 6.07 Å². The highest BCUT2D eigenvalue weighted by Gasteiger charge is 2.12. The van der Waals surface area contributed by atoms with Gasteiger partial charge >= 0.3 is 0 Å². The topological polar surface area (TPSA) is 27.0 Å². The second kappa shape index (κ2) is 7.81. The number of rotatable bonds is 6. The molecule has 0 spiro atoms. The molecule has 2 nitrogen and oxygen atoms in total. The quantitative estimate of drug-likeness (QED) is 0.674. The smallest absolute Gasteiger partial charge is 0.0640 e. The molecule has 0 aliphatic rings. The SMILES string of the molecule is CC(C)CN(CCC#N)c1ccc(Br)cc1CBr. The molecule has 18 heavy (non-hydrogen) atoms. The monoisotopic (exact) mass is 372 g/mol. The Labute approximate surface area is 126 Å². The number of benzene rings is 1. The first-order valence-corrected chi connectivity index (χ1v) is 7.96. The van der Waals surface area contributed by atoms with Crippen molar-refractivity contribution in [3.63, 3.8) is 0 Å². The van der Waals surface area contributed by atoms with Gasteiger partial charge in [-0.15, -0.1) is 0 Å². The molecular formula is C14H18Br2N2. The van der Waals surface area contributed by atoms with E-state index < -0.39 is 0 Å². The summed E-state index contributed by atoms with van der Waals surface area (Å²) >= 11 is 7.03. The Morgan fingerprint density at radius 2 is 2.11 bits per heavy atom. The van der Waals surface area contributed by atoms with Crippen LogP contribution in [0, 0.1) is 17.2 Å². The summed E-state index contributed by atoms with van der Waals surface area (Å²) in [6, 6.07) is 8.54. The van der Waals surface area contributed by atoms with Crippen LogP contribution in [0.15, 0.2) is 22.7 Å². The van der Waals surface area contributed by atoms with Gasteiger partial charge in [0.2, 0.25) is 0 Å². The molecule has 0 aromatic heterocycles. The van der Waals surface area contributed by atoms with E-state index in [0.717, 1.165) is 22.9 Å². The van der Waals surface area contributed by atoms with Gasteiger partial charge in [0.15, 0.2) is 0 Å². The molecular weight excluding hydrogens is 356 g/mol. The number of hydrogen-bond acceptors (Lipinski definition) is 2. The molecule has 0 atom stereocenters. The fraction of sp³-hybridized carbons (Fsp3) is 0.500. The first-order valence-electron chi connectivity index (χ1n) is 6.04. The van der Waals surface area contributed by atoms with Gasteiger partial charge in [0.1, 0.15) is 0 Å². The summed E-state index contributed by atoms with van der Waals surface area (Å²) in [7, 11) is 0. The van der Waals surface area contributed by atoms with E-state index in [1.54, 1.807) is 0 Å². The maximum Gasteiger partial charge on any atom is 0.0640 e. The van der Waals surface area contributed by atoms with Crippen molar-refractivity contribution in [1.29, 1.82) is 5.26 Å². The van der Waals surface area contributed by atoms with Gasteiger partial charge in [-0.2, -0.15) is 5.26 Å². The second-order valence-corrected chi connectivity index (χ2v) is 6.13. The molecule has 0 N–H and O–H groups in total. The molecule has 4 heteroatoms. The number of alkyl halides is 1. The van der Waals surface area contributed by atoms with E-state index in [0.29, 0.717) is 12.3 Å². The maximum absolute atomic E-state index is 8.77. The van der Waals surface area contributed by atoms with Gasteiger partial charge in [0.25, 0.3) is 0 Å². The van der Waals surface area contributed by atoms with Crippen molar-refractivity contribution >= 4 is 37.5 Å². The number of nitriles is 1. The summed E-state index contributed by atoms with van der Waals surface area (Å²) in [6.45, 7) is 6.16. The van der Waals surface area contributed by atoms with E-state index in [1.807, 2.05) is 0 Å². The van der Waals surface area contributed by atoms with Crippen LogP contribution in [0.3, 0.4) is 0 Å². The Hall–Kier alpha value is -0.530. The van der Waals surface area contributed by atoms with Gasteiger partial charge in [0.05, 0.1) is 12.5 Å². The number of nitrogens with zero attached hydrogens (tertiary/aromatic N) is 2. The summed E-state index contributed by atoms with van der Waals surface area (Å²) in [5.41, 5.74) is 2.47. The summed E-state index contributed by atoms with van der Waals surface area (Å²) < 4.78 is 1.09. The number of halogens is 2. The lowest BCUT2D eigenvalue weighted by Gasteiger charge is -2.28. The van der Waals surface area contributed by atoms with Crippen LogP contribution in [0.4, 0.5) is 5.69 Å². The predicted octanol–water partition coefficient (Wildman–Crippen LogP) is 4.72. The Morgan fingerprint density at radius 1 is 1.39 bits per heavy atom. The van der Waals surface area contributed by atoms with Gasteiger partial charge in [-0.3, -0.25) is 0 Å². The van der Waals surface area contributed by atoms with E-state index in [-0.39, 0.29) is 0 Å². The molecule has 0 bridgehead atoms. The standard InChI is InChI=1S/C14H18Br2N2/c1-11(2)10-18(7-3-6-17)14-5-4-13(16)8-12(14)9-15/h4-5,8,11H,3,7,9-10H2,1-2H3. The van der Waals surface area contributed by atoms with Gasteiger partial charge in [-0.25, -0.2) is 0 Å². The highest BCUT2D eigenvalue weighted by Crippen LogP contribution is 2.27. The molecule has 0 unspecified atom stereocenters. The van der Waals surface area contributed by atoms with Crippen LogP contribution in [-0.4, -0.2) is 13.1 Å². The van der Waals surface area contributed by atoms with Crippen LogP contribution in [-0.2, 0) is 5.33 Å². The molecule has 0 amide bonds. The van der Waals surface area contributed by atoms with Crippen molar-refractivity contribution < 1.29 is 0 Å². The predicted molar refractivity (Wildman–Crippen MR) is 84.1 cm³/mol. The van der Waals surface area contributed by atoms with Gasteiger partial charge in [0, 0.05) is 28.6 Å². The molecule has 1 aromatic carbocycles. The van der Waals surface area contributed by atoms with Crippen LogP contribution in [0.25, 0.3) is 0 Å². The normalized spacial score (nSPS) is 10.4. The lowest BCUT2D eigenvalue weighted by molar-refractivity contribution is 0.611. The van der Waals surface area contributed by atoms with Gasteiger partial charge < -0.3 is 4.90 Å². The van der Waals surface area contributed by atoms with Crippen LogP contribution < -0.4 is 4.90 Å². The van der Waals surface area contributed by atoms with Crippen molar-refractivity contribution in [2.75, 3.05) is 18.0 Å². The third-order valence-electron chi connectivity index (χ3n) is 2.61. The molecule has 98 valence electrons. The molecule has 0 saturated carbocycles. The minimum atomic E-state index is 0.560. The fourth-order valence-corrected chi connectivity index (χ4v) is 2.76. The zero-order chi connectivity index (χ0) is 13.5. The van der Waals surface area contributed by atoms with E-state index in [4.69, 9.17) is 5.26 Å². The summed E-state index contributed by atoms with van der Waals surface area (Å²) in [6.07, 6.45) is 0.560. The van der Waals surface area contributed by atoms with Crippen molar-refractivity contribution in [3.05, 3.63) is 28.2 Å². The Balaban J connectivity index is 2.99. The molecule has 0 aliphatic carbocycles. The van der Waals surface area contributed by atoms with Crippen molar-refractivity contribution in [2.45, 2.75) is 25.6 Å². The van der Waals surface area contributed by atoms with Crippen LogP contribution in [0.5, 0.6) is 0 Å². The largest absolute Gasteiger partial charge is 0.370 e. The van der Waals surface area contributed by atoms with Crippen LogP contribution >= 0.6 is 31.9 Å². The van der Waals surface area contributed by atoms with E-state index in [1.165, 1.54) is 11.3 Å². The van der Waals surface area contributed by atoms with E-state index in [9.17, 15) is 0 Å². The first kappa shape index (κ1) is 15.5. The Bertz CT molecular complexity index is 424. The summed E-state index contributed by atoms with van der Waals surface area (Å²) in [4.78, 5) is 2.30. The summed E-state index contributed by atoms with van der Waals surface area (Å²) in [5, 5.41) is 9.60. The Morgan fingerprint density at radius 3 is 2.67 bits per heavy atom. The minimum Gasteiger partial charge on any atom is -0.370 e. The molecule has 0 radical (unpaired) electrons. The number of hydrogen-bond donors (Lipinski definition) is 0. The second-order valence-electron chi connectivity index (χ2n) is 4.65. The third kappa shape index (κ3) is 4.62. The molecule has 0 aliphatic heterocycles. The van der Waals surface area contributed by atoms with Crippen LogP contribution in [0.2, 0.25) is 0 Å². The van der Waals surface area contributed by atoms with Crippen LogP contribution in [0.1, 0.15) is 25.8 Å². The molecule has 0 fully saturated rings. The lowest BCUT2D eigenvalue weighted by Crippen LogP contribution is -2.29. The molecule has 1 aromatic rings.